The first-order chi connectivity index (χ1) is 12.2. The SMILES string of the molecule is COc1cncc(-c2ccc3c(c2)cc(-c2ccnc(C)c2)n3C)c1. The highest BCUT2D eigenvalue weighted by Gasteiger charge is 2.10. The number of rotatable bonds is 3. The molecule has 0 aliphatic carbocycles. The van der Waals surface area contributed by atoms with Gasteiger partial charge in [0.1, 0.15) is 5.75 Å². The van der Waals surface area contributed by atoms with Crippen molar-refractivity contribution in [3.63, 3.8) is 0 Å². The monoisotopic (exact) mass is 329 g/mol. The van der Waals surface area contributed by atoms with E-state index in [0.29, 0.717) is 0 Å². The van der Waals surface area contributed by atoms with Gasteiger partial charge in [-0.05, 0) is 48.9 Å². The molecule has 4 aromatic rings. The second-order valence-corrected chi connectivity index (χ2v) is 6.16. The molecule has 0 N–H and O–H groups in total. The molecule has 4 nitrogen and oxygen atoms in total. The molecule has 0 aliphatic heterocycles. The van der Waals surface area contributed by atoms with Crippen LogP contribution in [0.25, 0.3) is 33.3 Å². The van der Waals surface area contributed by atoms with Gasteiger partial charge in [0.2, 0.25) is 0 Å². The third-order valence-corrected chi connectivity index (χ3v) is 4.52. The summed E-state index contributed by atoms with van der Waals surface area (Å²) in [6, 6.07) is 14.9. The number of nitrogens with zero attached hydrogens (tertiary/aromatic N) is 3. The first-order valence-electron chi connectivity index (χ1n) is 8.17. The van der Waals surface area contributed by atoms with E-state index in [1.807, 2.05) is 31.5 Å². The van der Waals surface area contributed by atoms with Gasteiger partial charge in [0, 0.05) is 52.9 Å². The van der Waals surface area contributed by atoms with Crippen LogP contribution in [0.3, 0.4) is 0 Å². The van der Waals surface area contributed by atoms with Gasteiger partial charge in [-0.25, -0.2) is 0 Å². The van der Waals surface area contributed by atoms with Crippen LogP contribution in [0.1, 0.15) is 5.69 Å². The molecule has 0 spiro atoms. The number of pyridine rings is 2. The van der Waals surface area contributed by atoms with Crippen LogP contribution in [-0.2, 0) is 7.05 Å². The molecule has 0 atom stereocenters. The smallest absolute Gasteiger partial charge is 0.137 e. The fourth-order valence-corrected chi connectivity index (χ4v) is 3.20. The maximum absolute atomic E-state index is 5.28. The predicted molar refractivity (Wildman–Crippen MR) is 101 cm³/mol. The fourth-order valence-electron chi connectivity index (χ4n) is 3.20. The van der Waals surface area contributed by atoms with E-state index in [4.69, 9.17) is 4.74 Å². The molecule has 3 aromatic heterocycles. The van der Waals surface area contributed by atoms with Gasteiger partial charge in [0.15, 0.2) is 0 Å². The molecule has 0 aliphatic rings. The standard InChI is InChI=1S/C21H19N3O/c1-14-8-16(6-7-23-14)21-11-17-9-15(4-5-20(17)24(21)2)18-10-19(25-3)13-22-12-18/h4-13H,1-3H3. The largest absolute Gasteiger partial charge is 0.495 e. The van der Waals surface area contributed by atoms with E-state index in [1.54, 1.807) is 13.3 Å². The molecule has 0 fully saturated rings. The zero-order valence-electron chi connectivity index (χ0n) is 14.5. The lowest BCUT2D eigenvalue weighted by atomic mass is 10.1. The van der Waals surface area contributed by atoms with Crippen molar-refractivity contribution in [1.29, 1.82) is 0 Å². The van der Waals surface area contributed by atoms with Gasteiger partial charge in [0.25, 0.3) is 0 Å². The minimum atomic E-state index is 0.763. The van der Waals surface area contributed by atoms with E-state index in [0.717, 1.165) is 22.6 Å². The van der Waals surface area contributed by atoms with Crippen molar-refractivity contribution in [2.24, 2.45) is 7.05 Å². The van der Waals surface area contributed by atoms with Gasteiger partial charge in [-0.2, -0.15) is 0 Å². The van der Waals surface area contributed by atoms with Crippen molar-refractivity contribution >= 4 is 10.9 Å². The molecule has 0 unspecified atom stereocenters. The normalized spacial score (nSPS) is 11.0. The molecule has 0 bridgehead atoms. The maximum Gasteiger partial charge on any atom is 0.137 e. The molecule has 0 saturated carbocycles. The Morgan fingerprint density at radius 3 is 2.60 bits per heavy atom. The lowest BCUT2D eigenvalue weighted by Crippen LogP contribution is -1.92. The summed E-state index contributed by atoms with van der Waals surface area (Å²) in [5.74, 6) is 0.763. The van der Waals surface area contributed by atoms with Crippen molar-refractivity contribution in [3.05, 3.63) is 66.7 Å². The lowest BCUT2D eigenvalue weighted by molar-refractivity contribution is 0.413. The van der Waals surface area contributed by atoms with Crippen LogP contribution in [0.4, 0.5) is 0 Å². The zero-order valence-corrected chi connectivity index (χ0v) is 14.5. The first kappa shape index (κ1) is 15.4. The molecule has 3 heterocycles. The van der Waals surface area contributed by atoms with E-state index >= 15 is 0 Å². The summed E-state index contributed by atoms with van der Waals surface area (Å²) < 4.78 is 7.50. The number of hydrogen-bond donors (Lipinski definition) is 0. The Balaban J connectivity index is 1.84. The number of methoxy groups -OCH3 is 1. The molecule has 0 amide bonds. The third kappa shape index (κ3) is 2.76. The summed E-state index contributed by atoms with van der Waals surface area (Å²) in [5, 5.41) is 1.20. The highest BCUT2D eigenvalue weighted by Crippen LogP contribution is 2.31. The zero-order chi connectivity index (χ0) is 17.4. The van der Waals surface area contributed by atoms with Gasteiger partial charge in [0.05, 0.1) is 13.3 Å². The average molecular weight is 329 g/mol. The van der Waals surface area contributed by atoms with Crippen LogP contribution in [-0.4, -0.2) is 21.6 Å². The first-order valence-corrected chi connectivity index (χ1v) is 8.17. The number of hydrogen-bond acceptors (Lipinski definition) is 3. The number of aryl methyl sites for hydroxylation is 2. The summed E-state index contributed by atoms with van der Waals surface area (Å²) in [6.45, 7) is 2.01. The van der Waals surface area contributed by atoms with Crippen LogP contribution in [0.2, 0.25) is 0 Å². The number of fused-ring (bicyclic) bond motifs is 1. The van der Waals surface area contributed by atoms with Crippen LogP contribution in [0.5, 0.6) is 5.75 Å². The molecule has 25 heavy (non-hydrogen) atoms. The van der Waals surface area contributed by atoms with Crippen molar-refractivity contribution in [2.45, 2.75) is 6.92 Å². The van der Waals surface area contributed by atoms with E-state index in [-0.39, 0.29) is 0 Å². The van der Waals surface area contributed by atoms with E-state index in [9.17, 15) is 0 Å². The maximum atomic E-state index is 5.28. The fraction of sp³-hybridized carbons (Fsp3) is 0.143. The topological polar surface area (TPSA) is 39.9 Å². The highest BCUT2D eigenvalue weighted by atomic mass is 16.5. The lowest BCUT2D eigenvalue weighted by Gasteiger charge is -2.06. The van der Waals surface area contributed by atoms with Gasteiger partial charge in [-0.3, -0.25) is 9.97 Å². The van der Waals surface area contributed by atoms with Crippen LogP contribution < -0.4 is 4.74 Å². The summed E-state index contributed by atoms with van der Waals surface area (Å²) in [7, 11) is 3.75. The molecule has 4 rings (SSSR count). The van der Waals surface area contributed by atoms with Crippen molar-refractivity contribution < 1.29 is 4.74 Å². The second kappa shape index (κ2) is 6.06. The molecular formula is C21H19N3O. The van der Waals surface area contributed by atoms with E-state index in [2.05, 4.69) is 51.9 Å². The molecule has 1 aromatic carbocycles. The molecule has 4 heteroatoms. The van der Waals surface area contributed by atoms with Crippen LogP contribution in [0, 0.1) is 6.92 Å². The Labute approximate surface area is 146 Å². The Kier molecular flexibility index (Phi) is 3.73. The average Bonchev–Trinajstić information content (AvgIpc) is 2.98. The van der Waals surface area contributed by atoms with E-state index < -0.39 is 0 Å². The van der Waals surface area contributed by atoms with Gasteiger partial charge >= 0.3 is 0 Å². The number of ether oxygens (including phenoxy) is 1. The van der Waals surface area contributed by atoms with Gasteiger partial charge in [-0.15, -0.1) is 0 Å². The number of benzene rings is 1. The summed E-state index contributed by atoms with van der Waals surface area (Å²) >= 11 is 0. The third-order valence-electron chi connectivity index (χ3n) is 4.52. The van der Waals surface area contributed by atoms with Crippen molar-refractivity contribution in [3.8, 4) is 28.1 Å². The molecule has 0 saturated heterocycles. The Hall–Kier alpha value is -3.14. The summed E-state index contributed by atoms with van der Waals surface area (Å²) in [5.41, 5.74) is 6.75. The van der Waals surface area contributed by atoms with Gasteiger partial charge < -0.3 is 9.30 Å². The molecule has 0 radical (unpaired) electrons. The Morgan fingerprint density at radius 2 is 1.80 bits per heavy atom. The number of aromatic nitrogens is 3. The predicted octanol–water partition coefficient (Wildman–Crippen LogP) is 4.62. The van der Waals surface area contributed by atoms with Gasteiger partial charge in [-0.1, -0.05) is 6.07 Å². The molecule has 124 valence electrons. The summed E-state index contributed by atoms with van der Waals surface area (Å²) in [4.78, 5) is 8.55. The van der Waals surface area contributed by atoms with Crippen molar-refractivity contribution in [1.82, 2.24) is 14.5 Å². The quantitative estimate of drug-likeness (QED) is 0.550. The molecular weight excluding hydrogens is 310 g/mol. The summed E-state index contributed by atoms with van der Waals surface area (Å²) in [6.07, 6.45) is 5.43. The minimum absolute atomic E-state index is 0.763. The minimum Gasteiger partial charge on any atom is -0.495 e. The van der Waals surface area contributed by atoms with E-state index in [1.165, 1.54) is 22.2 Å². The highest BCUT2D eigenvalue weighted by molar-refractivity contribution is 5.90. The Bertz CT molecular complexity index is 1070. The second-order valence-electron chi connectivity index (χ2n) is 6.16. The van der Waals surface area contributed by atoms with Crippen molar-refractivity contribution in [2.75, 3.05) is 7.11 Å². The Morgan fingerprint density at radius 1 is 0.920 bits per heavy atom. The van der Waals surface area contributed by atoms with Crippen LogP contribution in [0.15, 0.2) is 61.1 Å². The van der Waals surface area contributed by atoms with Crippen LogP contribution >= 0.6 is 0 Å².